The van der Waals surface area contributed by atoms with Gasteiger partial charge in [-0.25, -0.2) is 13.1 Å². The Morgan fingerprint density at radius 3 is 2.89 bits per heavy atom. The molecule has 2 fully saturated rings. The van der Waals surface area contributed by atoms with Gasteiger partial charge in [0.25, 0.3) is 0 Å². The highest BCUT2D eigenvalue weighted by Crippen LogP contribution is 2.33. The minimum atomic E-state index is -3.58. The second-order valence-electron chi connectivity index (χ2n) is 7.36. The molecule has 1 aliphatic heterocycles. The molecule has 0 radical (unpaired) electrons. The Bertz CT molecular complexity index is 739. The lowest BCUT2D eigenvalue weighted by atomic mass is 9.85. The lowest BCUT2D eigenvalue weighted by Crippen LogP contribution is -2.42. The molecule has 2 aliphatic rings. The molecule has 27 heavy (non-hydrogen) atoms. The molecular weight excluding hydrogens is 366 g/mol. The van der Waals surface area contributed by atoms with Crippen LogP contribution in [0.2, 0.25) is 0 Å². The monoisotopic (exact) mass is 395 g/mol. The summed E-state index contributed by atoms with van der Waals surface area (Å²) in [6, 6.07) is 6.98. The molecule has 1 aromatic carbocycles. The zero-order valence-corrected chi connectivity index (χ0v) is 16.6. The smallest absolute Gasteiger partial charge is 0.240 e. The molecular formula is C19H29N3O4S. The van der Waals surface area contributed by atoms with Crippen LogP contribution in [0.15, 0.2) is 29.2 Å². The molecule has 1 saturated carbocycles. The van der Waals surface area contributed by atoms with E-state index in [0.29, 0.717) is 25.1 Å². The Balaban J connectivity index is 1.54. The largest absolute Gasteiger partial charge is 0.383 e. The maximum absolute atomic E-state index is 12.5. The van der Waals surface area contributed by atoms with E-state index in [9.17, 15) is 13.2 Å². The molecule has 1 amide bonds. The molecule has 3 N–H and O–H groups in total. The van der Waals surface area contributed by atoms with E-state index >= 15 is 0 Å². The quantitative estimate of drug-likeness (QED) is 0.574. The van der Waals surface area contributed by atoms with Crippen molar-refractivity contribution >= 4 is 15.9 Å². The summed E-state index contributed by atoms with van der Waals surface area (Å²) in [6.45, 7) is 0.842. The zero-order chi connectivity index (χ0) is 19.3. The van der Waals surface area contributed by atoms with Gasteiger partial charge in [-0.1, -0.05) is 25.0 Å². The highest BCUT2D eigenvalue weighted by molar-refractivity contribution is 7.89. The number of carbonyl (C=O) groups excluding carboxylic acids is 1. The summed E-state index contributed by atoms with van der Waals surface area (Å²) in [5, 5.41) is 6.41. The Morgan fingerprint density at radius 2 is 2.11 bits per heavy atom. The van der Waals surface area contributed by atoms with E-state index in [1.165, 1.54) is 26.4 Å². The van der Waals surface area contributed by atoms with Gasteiger partial charge in [0.1, 0.15) is 0 Å². The highest BCUT2D eigenvalue weighted by atomic mass is 32.2. The summed E-state index contributed by atoms with van der Waals surface area (Å²) < 4.78 is 31.9. The first kappa shape index (κ1) is 20.3. The standard InChI is InChI=1S/C19H29N3O4S/c1-26-10-9-21-27(24,25)16-7-4-5-14(11-16)13-20-19(23)18-12-15-6-2-3-8-17(15)22-18/h4-5,7,11,15,17-18,21-22H,2-3,6,8-10,12-13H2,1H3,(H,20,23). The third-order valence-corrected chi connectivity index (χ3v) is 6.91. The second-order valence-corrected chi connectivity index (χ2v) is 9.13. The second kappa shape index (κ2) is 9.14. The van der Waals surface area contributed by atoms with Crippen molar-refractivity contribution in [2.45, 2.75) is 55.6 Å². The van der Waals surface area contributed by atoms with E-state index in [-0.39, 0.29) is 23.4 Å². The summed E-state index contributed by atoms with van der Waals surface area (Å²) in [6.07, 6.45) is 5.76. The Kier molecular flexibility index (Phi) is 6.86. The fourth-order valence-corrected chi connectivity index (χ4v) is 5.10. The van der Waals surface area contributed by atoms with E-state index in [2.05, 4.69) is 15.4 Å². The van der Waals surface area contributed by atoms with Gasteiger partial charge in [0, 0.05) is 26.2 Å². The number of sulfonamides is 1. The molecule has 0 aromatic heterocycles. The lowest BCUT2D eigenvalue weighted by Gasteiger charge is -2.24. The van der Waals surface area contributed by atoms with Crippen LogP contribution in [0.3, 0.4) is 0 Å². The highest BCUT2D eigenvalue weighted by Gasteiger charge is 2.37. The van der Waals surface area contributed by atoms with Crippen LogP contribution in [0.1, 0.15) is 37.7 Å². The first-order valence-electron chi connectivity index (χ1n) is 9.61. The summed E-state index contributed by atoms with van der Waals surface area (Å²) >= 11 is 0. The average molecular weight is 396 g/mol. The number of nitrogens with one attached hydrogen (secondary N) is 3. The van der Waals surface area contributed by atoms with Crippen molar-refractivity contribution in [1.82, 2.24) is 15.4 Å². The van der Waals surface area contributed by atoms with Crippen molar-refractivity contribution in [2.24, 2.45) is 5.92 Å². The van der Waals surface area contributed by atoms with Gasteiger partial charge in [-0.3, -0.25) is 4.79 Å². The number of rotatable bonds is 8. The number of benzene rings is 1. The Labute approximate surface area is 161 Å². The number of ether oxygens (including phenoxy) is 1. The summed E-state index contributed by atoms with van der Waals surface area (Å²) in [5.74, 6) is 0.608. The van der Waals surface area contributed by atoms with Crippen molar-refractivity contribution < 1.29 is 17.9 Å². The van der Waals surface area contributed by atoms with Crippen LogP contribution in [-0.2, 0) is 26.1 Å². The normalized spacial score (nSPS) is 25.1. The summed E-state index contributed by atoms with van der Waals surface area (Å²) in [7, 11) is -2.06. The van der Waals surface area contributed by atoms with Gasteiger partial charge >= 0.3 is 0 Å². The average Bonchev–Trinajstić information content (AvgIpc) is 3.11. The van der Waals surface area contributed by atoms with Crippen molar-refractivity contribution in [3.63, 3.8) is 0 Å². The molecule has 0 spiro atoms. The Hall–Kier alpha value is -1.48. The van der Waals surface area contributed by atoms with Gasteiger partial charge in [0.2, 0.25) is 15.9 Å². The molecule has 0 bridgehead atoms. The first-order valence-corrected chi connectivity index (χ1v) is 11.1. The van der Waals surface area contributed by atoms with E-state index in [0.717, 1.165) is 18.4 Å². The van der Waals surface area contributed by atoms with Crippen molar-refractivity contribution in [3.8, 4) is 0 Å². The van der Waals surface area contributed by atoms with Gasteiger partial charge in [-0.05, 0) is 42.9 Å². The van der Waals surface area contributed by atoms with Gasteiger partial charge in [0.05, 0.1) is 17.5 Å². The van der Waals surface area contributed by atoms with Crippen LogP contribution in [0.25, 0.3) is 0 Å². The van der Waals surface area contributed by atoms with Crippen LogP contribution >= 0.6 is 0 Å². The van der Waals surface area contributed by atoms with Crippen molar-refractivity contribution in [2.75, 3.05) is 20.3 Å². The van der Waals surface area contributed by atoms with Crippen LogP contribution < -0.4 is 15.4 Å². The van der Waals surface area contributed by atoms with Crippen LogP contribution in [-0.4, -0.2) is 46.7 Å². The number of methoxy groups -OCH3 is 1. The molecule has 8 heteroatoms. The molecule has 3 unspecified atom stereocenters. The molecule has 7 nitrogen and oxygen atoms in total. The SMILES string of the molecule is COCCNS(=O)(=O)c1cccc(CNC(=O)C2CC3CCCCC3N2)c1. The maximum atomic E-state index is 12.5. The summed E-state index contributed by atoms with van der Waals surface area (Å²) in [5.41, 5.74) is 0.758. The van der Waals surface area contributed by atoms with Gasteiger partial charge in [-0.15, -0.1) is 0 Å². The molecule has 1 heterocycles. The molecule has 3 rings (SSSR count). The molecule has 3 atom stereocenters. The summed E-state index contributed by atoms with van der Waals surface area (Å²) in [4.78, 5) is 12.7. The number of hydrogen-bond acceptors (Lipinski definition) is 5. The lowest BCUT2D eigenvalue weighted by molar-refractivity contribution is -0.123. The minimum absolute atomic E-state index is 0.00382. The number of carbonyl (C=O) groups is 1. The fourth-order valence-electron chi connectivity index (χ4n) is 4.02. The number of fused-ring (bicyclic) bond motifs is 1. The minimum Gasteiger partial charge on any atom is -0.383 e. The van der Waals surface area contributed by atoms with Gasteiger partial charge in [0.15, 0.2) is 0 Å². The van der Waals surface area contributed by atoms with Crippen molar-refractivity contribution in [1.29, 1.82) is 0 Å². The van der Waals surface area contributed by atoms with Crippen molar-refractivity contribution in [3.05, 3.63) is 29.8 Å². The first-order chi connectivity index (χ1) is 13.0. The molecule has 1 aromatic rings. The predicted molar refractivity (Wildman–Crippen MR) is 103 cm³/mol. The van der Waals surface area contributed by atoms with Gasteiger partial charge in [-0.2, -0.15) is 0 Å². The topological polar surface area (TPSA) is 96.5 Å². The Morgan fingerprint density at radius 1 is 1.30 bits per heavy atom. The third kappa shape index (κ3) is 5.28. The maximum Gasteiger partial charge on any atom is 0.240 e. The zero-order valence-electron chi connectivity index (χ0n) is 15.7. The van der Waals surface area contributed by atoms with E-state index in [1.807, 2.05) is 6.07 Å². The predicted octanol–water partition coefficient (Wildman–Crippen LogP) is 1.15. The molecule has 1 saturated heterocycles. The molecule has 1 aliphatic carbocycles. The number of amides is 1. The van der Waals surface area contributed by atoms with E-state index < -0.39 is 10.0 Å². The van der Waals surface area contributed by atoms with Crippen LogP contribution in [0.5, 0.6) is 0 Å². The van der Waals surface area contributed by atoms with Crippen LogP contribution in [0, 0.1) is 5.92 Å². The third-order valence-electron chi connectivity index (χ3n) is 5.45. The number of hydrogen-bond donors (Lipinski definition) is 3. The van der Waals surface area contributed by atoms with Gasteiger partial charge < -0.3 is 15.4 Å². The van der Waals surface area contributed by atoms with E-state index in [4.69, 9.17) is 4.74 Å². The van der Waals surface area contributed by atoms with E-state index in [1.54, 1.807) is 18.2 Å². The fraction of sp³-hybridized carbons (Fsp3) is 0.632. The molecule has 150 valence electrons. The van der Waals surface area contributed by atoms with Crippen LogP contribution in [0.4, 0.5) is 0 Å².